The van der Waals surface area contributed by atoms with E-state index in [0.717, 1.165) is 25.8 Å². The molecule has 1 aliphatic rings. The highest BCUT2D eigenvalue weighted by Crippen LogP contribution is 2.21. The number of alkyl halides is 1. The molecule has 14 heavy (non-hydrogen) atoms. The molecule has 0 radical (unpaired) electrons. The van der Waals surface area contributed by atoms with E-state index in [2.05, 4.69) is 11.8 Å². The van der Waals surface area contributed by atoms with Gasteiger partial charge in [0.25, 0.3) is 0 Å². The van der Waals surface area contributed by atoms with Crippen LogP contribution in [-0.2, 0) is 4.79 Å². The van der Waals surface area contributed by atoms with Crippen molar-refractivity contribution in [1.29, 1.82) is 0 Å². The Balaban J connectivity index is 2.28. The van der Waals surface area contributed by atoms with Gasteiger partial charge in [-0.2, -0.15) is 0 Å². The summed E-state index contributed by atoms with van der Waals surface area (Å²) in [4.78, 5) is 13.8. The third kappa shape index (κ3) is 3.16. The number of halogens is 1. The second-order valence-corrected chi connectivity index (χ2v) is 4.32. The van der Waals surface area contributed by atoms with E-state index in [1.54, 1.807) is 0 Å². The zero-order chi connectivity index (χ0) is 10.4. The predicted molar refractivity (Wildman–Crippen MR) is 59.6 cm³/mol. The van der Waals surface area contributed by atoms with Crippen LogP contribution < -0.4 is 0 Å². The normalized spacial score (nSPS) is 21.6. The highest BCUT2D eigenvalue weighted by atomic mass is 35.5. The molecule has 0 bridgehead atoms. The monoisotopic (exact) mass is 217 g/mol. The molecule has 0 aromatic carbocycles. The number of carbonyl (C=O) groups excluding carboxylic acids is 1. The van der Waals surface area contributed by atoms with E-state index in [-0.39, 0.29) is 0 Å². The van der Waals surface area contributed by atoms with Crippen molar-refractivity contribution in [3.63, 3.8) is 0 Å². The molecule has 0 aliphatic carbocycles. The van der Waals surface area contributed by atoms with Crippen LogP contribution in [0.2, 0.25) is 0 Å². The topological polar surface area (TPSA) is 20.3 Å². The van der Waals surface area contributed by atoms with E-state index in [1.165, 1.54) is 12.8 Å². The fraction of sp³-hybridized carbons (Fsp3) is 0.909. The molecule has 1 saturated heterocycles. The minimum atomic E-state index is 0.333. The molecule has 1 amide bonds. The Labute approximate surface area is 91.6 Å². The van der Waals surface area contributed by atoms with Gasteiger partial charge in [0.05, 0.1) is 0 Å². The summed E-state index contributed by atoms with van der Waals surface area (Å²) in [5.41, 5.74) is 0. The van der Waals surface area contributed by atoms with Gasteiger partial charge < -0.3 is 4.90 Å². The Morgan fingerprint density at radius 1 is 1.50 bits per heavy atom. The van der Waals surface area contributed by atoms with E-state index in [9.17, 15) is 4.79 Å². The first-order valence-corrected chi connectivity index (χ1v) is 6.18. The Bertz CT molecular complexity index is 184. The van der Waals surface area contributed by atoms with Crippen molar-refractivity contribution in [3.05, 3.63) is 0 Å². The van der Waals surface area contributed by atoms with Crippen LogP contribution in [0, 0.1) is 0 Å². The molecule has 0 aromatic heterocycles. The van der Waals surface area contributed by atoms with Crippen molar-refractivity contribution in [2.45, 2.75) is 51.5 Å². The van der Waals surface area contributed by atoms with Gasteiger partial charge in [-0.3, -0.25) is 4.79 Å². The van der Waals surface area contributed by atoms with E-state index in [4.69, 9.17) is 11.6 Å². The third-order valence-electron chi connectivity index (χ3n) is 2.94. The van der Waals surface area contributed by atoms with Gasteiger partial charge in [0, 0.05) is 24.9 Å². The van der Waals surface area contributed by atoms with Gasteiger partial charge in [-0.05, 0) is 32.1 Å². The highest BCUT2D eigenvalue weighted by molar-refractivity contribution is 6.17. The molecule has 82 valence electrons. The maximum atomic E-state index is 11.8. The Kier molecular flexibility index (Phi) is 5.31. The summed E-state index contributed by atoms with van der Waals surface area (Å²) in [7, 11) is 0. The van der Waals surface area contributed by atoms with Crippen LogP contribution >= 0.6 is 11.6 Å². The molecule has 0 saturated carbocycles. The first-order chi connectivity index (χ1) is 6.79. The van der Waals surface area contributed by atoms with Crippen molar-refractivity contribution in [2.24, 2.45) is 0 Å². The van der Waals surface area contributed by atoms with Crippen LogP contribution in [0.4, 0.5) is 0 Å². The molecular weight excluding hydrogens is 198 g/mol. The van der Waals surface area contributed by atoms with Crippen molar-refractivity contribution >= 4 is 17.5 Å². The number of nitrogens with zero attached hydrogens (tertiary/aromatic N) is 1. The predicted octanol–water partition coefficient (Wildman–Crippen LogP) is 2.80. The number of likely N-dealkylation sites (tertiary alicyclic amines) is 1. The average Bonchev–Trinajstić information content (AvgIpc) is 2.65. The molecule has 0 aromatic rings. The number of carbonyl (C=O) groups is 1. The fourth-order valence-corrected chi connectivity index (χ4v) is 2.29. The van der Waals surface area contributed by atoms with Crippen molar-refractivity contribution in [2.75, 3.05) is 12.4 Å². The maximum Gasteiger partial charge on any atom is 0.222 e. The Morgan fingerprint density at radius 2 is 2.29 bits per heavy atom. The molecule has 1 fully saturated rings. The third-order valence-corrected chi connectivity index (χ3v) is 3.21. The van der Waals surface area contributed by atoms with Gasteiger partial charge in [0.15, 0.2) is 0 Å². The number of unbranched alkanes of at least 4 members (excludes halogenated alkanes) is 1. The molecule has 1 rings (SSSR count). The van der Waals surface area contributed by atoms with E-state index in [1.807, 2.05) is 0 Å². The molecule has 1 heterocycles. The summed E-state index contributed by atoms with van der Waals surface area (Å²) in [6.45, 7) is 3.13. The molecule has 1 atom stereocenters. The number of amides is 1. The molecule has 1 unspecified atom stereocenters. The van der Waals surface area contributed by atoms with Gasteiger partial charge in [0.1, 0.15) is 0 Å². The average molecular weight is 218 g/mol. The zero-order valence-corrected chi connectivity index (χ0v) is 9.72. The minimum absolute atomic E-state index is 0.333. The van der Waals surface area contributed by atoms with Gasteiger partial charge in [-0.1, -0.05) is 6.92 Å². The van der Waals surface area contributed by atoms with Crippen LogP contribution in [0.5, 0.6) is 0 Å². The van der Waals surface area contributed by atoms with Gasteiger partial charge in [-0.15, -0.1) is 11.6 Å². The molecule has 3 heteroatoms. The smallest absolute Gasteiger partial charge is 0.222 e. The van der Waals surface area contributed by atoms with Crippen molar-refractivity contribution in [1.82, 2.24) is 4.90 Å². The van der Waals surface area contributed by atoms with Gasteiger partial charge in [-0.25, -0.2) is 0 Å². The summed E-state index contributed by atoms with van der Waals surface area (Å²) in [6.07, 6.45) is 6.05. The standard InChI is InChI=1S/C11H20ClNO/c1-2-10-6-5-9-13(10)11(14)7-3-4-8-12/h10H,2-9H2,1H3. The quantitative estimate of drug-likeness (QED) is 0.512. The van der Waals surface area contributed by atoms with Crippen LogP contribution in [0.25, 0.3) is 0 Å². The Hall–Kier alpha value is -0.240. The molecule has 0 N–H and O–H groups in total. The van der Waals surface area contributed by atoms with Crippen molar-refractivity contribution < 1.29 is 4.79 Å². The number of rotatable bonds is 5. The summed E-state index contributed by atoms with van der Waals surface area (Å²) in [5, 5.41) is 0. The highest BCUT2D eigenvalue weighted by Gasteiger charge is 2.26. The summed E-state index contributed by atoms with van der Waals surface area (Å²) in [5.74, 6) is 1.00. The fourth-order valence-electron chi connectivity index (χ4n) is 2.10. The SMILES string of the molecule is CCC1CCCN1C(=O)CCCCCl. The first kappa shape index (κ1) is 11.8. The zero-order valence-electron chi connectivity index (χ0n) is 8.97. The van der Waals surface area contributed by atoms with E-state index < -0.39 is 0 Å². The maximum absolute atomic E-state index is 11.8. The van der Waals surface area contributed by atoms with E-state index >= 15 is 0 Å². The van der Waals surface area contributed by atoms with Crippen LogP contribution in [0.15, 0.2) is 0 Å². The van der Waals surface area contributed by atoms with Gasteiger partial charge >= 0.3 is 0 Å². The number of hydrogen-bond donors (Lipinski definition) is 0. The summed E-state index contributed by atoms with van der Waals surface area (Å²) < 4.78 is 0. The lowest BCUT2D eigenvalue weighted by Gasteiger charge is -2.23. The lowest BCUT2D eigenvalue weighted by molar-refractivity contribution is -0.132. The van der Waals surface area contributed by atoms with Crippen molar-refractivity contribution in [3.8, 4) is 0 Å². The minimum Gasteiger partial charge on any atom is -0.340 e. The molecule has 1 aliphatic heterocycles. The molecule has 0 spiro atoms. The van der Waals surface area contributed by atoms with Crippen LogP contribution in [-0.4, -0.2) is 29.3 Å². The van der Waals surface area contributed by atoms with E-state index in [0.29, 0.717) is 24.2 Å². The lowest BCUT2D eigenvalue weighted by Crippen LogP contribution is -2.34. The Morgan fingerprint density at radius 3 is 2.93 bits per heavy atom. The first-order valence-electron chi connectivity index (χ1n) is 5.65. The van der Waals surface area contributed by atoms with Crippen LogP contribution in [0.3, 0.4) is 0 Å². The summed E-state index contributed by atoms with van der Waals surface area (Å²) in [6, 6.07) is 0.513. The van der Waals surface area contributed by atoms with Crippen LogP contribution in [0.1, 0.15) is 45.4 Å². The summed E-state index contributed by atoms with van der Waals surface area (Å²) >= 11 is 5.58. The second kappa shape index (κ2) is 6.28. The molecule has 2 nitrogen and oxygen atoms in total. The molecular formula is C11H20ClNO. The van der Waals surface area contributed by atoms with Gasteiger partial charge in [0.2, 0.25) is 5.91 Å². The number of hydrogen-bond acceptors (Lipinski definition) is 1. The second-order valence-electron chi connectivity index (χ2n) is 3.94. The largest absolute Gasteiger partial charge is 0.340 e. The lowest BCUT2D eigenvalue weighted by atomic mass is 10.1.